The van der Waals surface area contributed by atoms with Gasteiger partial charge in [-0.3, -0.25) is 4.79 Å². The second-order valence-corrected chi connectivity index (χ2v) is 8.00. The Hall–Kier alpha value is -2.90. The van der Waals surface area contributed by atoms with Gasteiger partial charge in [0.15, 0.2) is 0 Å². The normalized spacial score (nSPS) is 11.3. The molecule has 6 nitrogen and oxygen atoms in total. The summed E-state index contributed by atoms with van der Waals surface area (Å²) in [6.07, 6.45) is 1.49. The molecule has 1 aromatic heterocycles. The zero-order chi connectivity index (χ0) is 20.0. The van der Waals surface area contributed by atoms with Gasteiger partial charge >= 0.3 is 0 Å². The summed E-state index contributed by atoms with van der Waals surface area (Å²) in [5.41, 5.74) is 1.49. The van der Waals surface area contributed by atoms with E-state index in [-0.39, 0.29) is 17.3 Å². The lowest BCUT2D eigenvalue weighted by Crippen LogP contribution is -2.30. The Morgan fingerprint density at radius 2 is 1.71 bits per heavy atom. The zero-order valence-corrected chi connectivity index (χ0v) is 16.4. The van der Waals surface area contributed by atoms with Gasteiger partial charge in [0.2, 0.25) is 10.0 Å². The van der Waals surface area contributed by atoms with Crippen molar-refractivity contribution in [1.29, 1.82) is 0 Å². The minimum absolute atomic E-state index is 0.0662. The summed E-state index contributed by atoms with van der Waals surface area (Å²) in [7, 11) is -3.69. The molecule has 0 saturated heterocycles. The topological polar surface area (TPSA) is 79.6 Å². The predicted octanol–water partition coefficient (Wildman–Crippen LogP) is 3.42. The molecule has 0 bridgehead atoms. The molecule has 0 aliphatic rings. The second kappa shape index (κ2) is 8.86. The van der Waals surface area contributed by atoms with Crippen LogP contribution in [-0.2, 0) is 23.1 Å². The molecule has 1 N–H and O–H groups in total. The van der Waals surface area contributed by atoms with E-state index < -0.39 is 10.0 Å². The molecule has 0 saturated carbocycles. The molecular weight excluding hydrogens is 376 g/mol. The van der Waals surface area contributed by atoms with Crippen LogP contribution in [0.4, 0.5) is 0 Å². The molecule has 3 aromatic rings. The van der Waals surface area contributed by atoms with Crippen molar-refractivity contribution >= 4 is 15.9 Å². The maximum atomic E-state index is 12.8. The molecule has 0 aliphatic heterocycles. The summed E-state index contributed by atoms with van der Waals surface area (Å²) in [4.78, 5) is 14.6. The minimum atomic E-state index is -3.69. The highest BCUT2D eigenvalue weighted by Crippen LogP contribution is 2.15. The van der Waals surface area contributed by atoms with Crippen LogP contribution in [0.5, 0.6) is 0 Å². The summed E-state index contributed by atoms with van der Waals surface area (Å²) in [5.74, 6) is 0.383. The van der Waals surface area contributed by atoms with Gasteiger partial charge in [0.05, 0.1) is 17.7 Å². The van der Waals surface area contributed by atoms with E-state index in [1.807, 2.05) is 37.3 Å². The lowest BCUT2D eigenvalue weighted by molar-refractivity contribution is 0.0752. The first kappa shape index (κ1) is 19.9. The molecule has 1 amide bonds. The first-order chi connectivity index (χ1) is 13.5. The molecule has 0 fully saturated rings. The van der Waals surface area contributed by atoms with Crippen LogP contribution in [0.3, 0.4) is 0 Å². The van der Waals surface area contributed by atoms with Gasteiger partial charge in [-0.25, -0.2) is 13.1 Å². The van der Waals surface area contributed by atoms with Crippen molar-refractivity contribution in [3.63, 3.8) is 0 Å². The van der Waals surface area contributed by atoms with Gasteiger partial charge in [0, 0.05) is 18.7 Å². The maximum absolute atomic E-state index is 12.8. The Morgan fingerprint density at radius 3 is 2.32 bits per heavy atom. The van der Waals surface area contributed by atoms with Crippen molar-refractivity contribution in [3.8, 4) is 0 Å². The number of carbonyl (C=O) groups excluding carboxylic acids is 1. The number of nitrogens with one attached hydrogen (secondary N) is 1. The Kier molecular flexibility index (Phi) is 6.28. The van der Waals surface area contributed by atoms with Crippen molar-refractivity contribution in [1.82, 2.24) is 9.62 Å². The number of nitrogens with zero attached hydrogens (tertiary/aromatic N) is 1. The monoisotopic (exact) mass is 398 g/mol. The number of rotatable bonds is 8. The van der Waals surface area contributed by atoms with Gasteiger partial charge in [-0.1, -0.05) is 30.3 Å². The van der Waals surface area contributed by atoms with Gasteiger partial charge in [-0.2, -0.15) is 0 Å². The van der Waals surface area contributed by atoms with Crippen molar-refractivity contribution < 1.29 is 17.6 Å². The number of sulfonamides is 1. The van der Waals surface area contributed by atoms with E-state index in [4.69, 9.17) is 4.42 Å². The molecule has 1 heterocycles. The summed E-state index contributed by atoms with van der Waals surface area (Å²) in [5, 5.41) is 0. The van der Waals surface area contributed by atoms with E-state index in [9.17, 15) is 13.2 Å². The molecule has 146 valence electrons. The van der Waals surface area contributed by atoms with Crippen LogP contribution < -0.4 is 4.72 Å². The Balaban J connectivity index is 1.69. The minimum Gasteiger partial charge on any atom is -0.468 e. The molecule has 0 aliphatic carbocycles. The van der Waals surface area contributed by atoms with Gasteiger partial charge in [0.1, 0.15) is 5.76 Å². The lowest BCUT2D eigenvalue weighted by Gasteiger charge is -2.21. The van der Waals surface area contributed by atoms with Crippen molar-refractivity contribution in [2.24, 2.45) is 0 Å². The molecule has 7 heteroatoms. The quantitative estimate of drug-likeness (QED) is 0.631. The molecule has 28 heavy (non-hydrogen) atoms. The first-order valence-electron chi connectivity index (χ1n) is 8.95. The second-order valence-electron chi connectivity index (χ2n) is 6.23. The molecule has 0 unspecified atom stereocenters. The van der Waals surface area contributed by atoms with Gasteiger partial charge in [-0.05, 0) is 48.9 Å². The Morgan fingerprint density at radius 1 is 1.00 bits per heavy atom. The summed E-state index contributed by atoms with van der Waals surface area (Å²) in [6.45, 7) is 3.04. The van der Waals surface area contributed by atoms with E-state index in [2.05, 4.69) is 4.72 Å². The highest BCUT2D eigenvalue weighted by atomic mass is 32.2. The van der Waals surface area contributed by atoms with Crippen LogP contribution in [-0.4, -0.2) is 25.8 Å². The van der Waals surface area contributed by atoms with Crippen LogP contribution in [0, 0.1) is 0 Å². The molecule has 0 atom stereocenters. The number of furan rings is 1. The molecular formula is C21H22N2O4S. The van der Waals surface area contributed by atoms with Gasteiger partial charge < -0.3 is 9.32 Å². The van der Waals surface area contributed by atoms with Gasteiger partial charge in [-0.15, -0.1) is 0 Å². The average molecular weight is 398 g/mol. The van der Waals surface area contributed by atoms with Crippen LogP contribution in [0.15, 0.2) is 82.3 Å². The molecule has 0 radical (unpaired) electrons. The van der Waals surface area contributed by atoms with Crippen molar-refractivity contribution in [2.45, 2.75) is 24.9 Å². The third-order valence-corrected chi connectivity index (χ3v) is 5.73. The van der Waals surface area contributed by atoms with Crippen LogP contribution >= 0.6 is 0 Å². The van der Waals surface area contributed by atoms with E-state index >= 15 is 0 Å². The van der Waals surface area contributed by atoms with Crippen LogP contribution in [0.1, 0.15) is 28.6 Å². The SMILES string of the molecule is CCN(Cc1ccccc1)C(=O)c1ccc(S(=O)(=O)NCc2ccco2)cc1. The van der Waals surface area contributed by atoms with E-state index in [1.165, 1.54) is 30.5 Å². The fourth-order valence-corrected chi connectivity index (χ4v) is 3.75. The Bertz CT molecular complexity index is 998. The number of carbonyl (C=O) groups is 1. The van der Waals surface area contributed by atoms with Gasteiger partial charge in [0.25, 0.3) is 5.91 Å². The largest absolute Gasteiger partial charge is 0.468 e. The smallest absolute Gasteiger partial charge is 0.254 e. The fraction of sp³-hybridized carbons (Fsp3) is 0.190. The zero-order valence-electron chi connectivity index (χ0n) is 15.5. The number of benzene rings is 2. The molecule has 0 spiro atoms. The fourth-order valence-electron chi connectivity index (χ4n) is 2.75. The lowest BCUT2D eigenvalue weighted by atomic mass is 10.1. The number of hydrogen-bond donors (Lipinski definition) is 1. The Labute approximate surface area is 164 Å². The third kappa shape index (κ3) is 4.88. The first-order valence-corrected chi connectivity index (χ1v) is 10.4. The average Bonchev–Trinajstić information content (AvgIpc) is 3.25. The van der Waals surface area contributed by atoms with E-state index in [1.54, 1.807) is 17.0 Å². The summed E-state index contributed by atoms with van der Waals surface area (Å²) in [6, 6.07) is 19.1. The van der Waals surface area contributed by atoms with E-state index in [0.717, 1.165) is 5.56 Å². The standard InChI is InChI=1S/C21H22N2O4S/c1-2-23(16-17-7-4-3-5-8-17)21(24)18-10-12-20(13-11-18)28(25,26)22-15-19-9-6-14-27-19/h3-14,22H,2,15-16H2,1H3. The summed E-state index contributed by atoms with van der Waals surface area (Å²) >= 11 is 0. The third-order valence-electron chi connectivity index (χ3n) is 4.31. The van der Waals surface area contributed by atoms with Crippen molar-refractivity contribution in [2.75, 3.05) is 6.54 Å². The maximum Gasteiger partial charge on any atom is 0.254 e. The number of hydrogen-bond acceptors (Lipinski definition) is 4. The molecule has 2 aromatic carbocycles. The van der Waals surface area contributed by atoms with Crippen LogP contribution in [0.2, 0.25) is 0 Å². The highest BCUT2D eigenvalue weighted by molar-refractivity contribution is 7.89. The van der Waals surface area contributed by atoms with Crippen LogP contribution in [0.25, 0.3) is 0 Å². The van der Waals surface area contributed by atoms with Crippen molar-refractivity contribution in [3.05, 3.63) is 89.9 Å². The number of amides is 1. The predicted molar refractivity (Wildman–Crippen MR) is 106 cm³/mol. The van der Waals surface area contributed by atoms with E-state index in [0.29, 0.717) is 24.4 Å². The summed E-state index contributed by atoms with van der Waals surface area (Å²) < 4.78 is 32.4. The molecule has 3 rings (SSSR count). The highest BCUT2D eigenvalue weighted by Gasteiger charge is 2.18.